The molecule has 41 heavy (non-hydrogen) atoms. The highest BCUT2D eigenvalue weighted by Crippen LogP contribution is 2.38. The number of aromatic nitrogens is 6. The number of rotatable bonds is 7. The van der Waals surface area contributed by atoms with Crippen molar-refractivity contribution in [1.82, 2.24) is 29.9 Å². The first kappa shape index (κ1) is 26.5. The van der Waals surface area contributed by atoms with Gasteiger partial charge in [0.2, 0.25) is 0 Å². The Hall–Kier alpha value is -4.72. The van der Waals surface area contributed by atoms with Gasteiger partial charge in [-0.3, -0.25) is 4.98 Å². The maximum Gasteiger partial charge on any atom is 0.141 e. The van der Waals surface area contributed by atoms with Gasteiger partial charge in [0.05, 0.1) is 56.4 Å². The summed E-state index contributed by atoms with van der Waals surface area (Å²) in [6.45, 7) is 4.06. The van der Waals surface area contributed by atoms with Crippen molar-refractivity contribution in [2.75, 3.05) is 10.6 Å². The Bertz CT molecular complexity index is 1960. The van der Waals surface area contributed by atoms with Crippen LogP contribution in [0.3, 0.4) is 0 Å². The van der Waals surface area contributed by atoms with E-state index in [2.05, 4.69) is 42.0 Å². The Morgan fingerprint density at radius 2 is 1.85 bits per heavy atom. The highest BCUT2D eigenvalue weighted by atomic mass is 35.5. The molecule has 0 amide bonds. The zero-order valence-electron chi connectivity index (χ0n) is 21.8. The smallest absolute Gasteiger partial charge is 0.141 e. The first-order valence-electron chi connectivity index (χ1n) is 12.7. The number of imidazole rings is 1. The number of benzene rings is 3. The molecule has 0 fully saturated rings. The summed E-state index contributed by atoms with van der Waals surface area (Å²) in [5.74, 6) is -0.542. The van der Waals surface area contributed by atoms with Gasteiger partial charge in [0.25, 0.3) is 0 Å². The summed E-state index contributed by atoms with van der Waals surface area (Å²) in [6, 6.07) is 15.6. The van der Waals surface area contributed by atoms with E-state index in [1.165, 1.54) is 24.4 Å². The Kier molecular flexibility index (Phi) is 6.91. The molecule has 0 aliphatic heterocycles. The fourth-order valence-electron chi connectivity index (χ4n) is 4.65. The molecule has 3 heterocycles. The van der Waals surface area contributed by atoms with E-state index >= 15 is 0 Å². The minimum absolute atomic E-state index is 0.0444. The van der Waals surface area contributed by atoms with Crippen LogP contribution in [0.1, 0.15) is 42.8 Å². The number of para-hydroxylation sites is 1. The molecule has 0 aliphatic carbocycles. The number of nitriles is 1. The van der Waals surface area contributed by atoms with Gasteiger partial charge in [-0.25, -0.2) is 14.1 Å². The predicted octanol–water partition coefficient (Wildman–Crippen LogP) is 7.55. The van der Waals surface area contributed by atoms with Gasteiger partial charge in [-0.05, 0) is 50.2 Å². The number of hydrogen-bond donors (Lipinski definition) is 3. The number of aromatic amines is 1. The van der Waals surface area contributed by atoms with Crippen LogP contribution in [0.2, 0.25) is 10.0 Å². The van der Waals surface area contributed by atoms with E-state index in [9.17, 15) is 9.65 Å². The number of pyridine rings is 1. The first-order valence-corrected chi connectivity index (χ1v) is 13.4. The molecule has 12 heteroatoms. The Balaban J connectivity index is 1.49. The molecule has 9 nitrogen and oxygen atoms in total. The lowest BCUT2D eigenvalue weighted by Gasteiger charge is -2.20. The topological polar surface area (TPSA) is 120 Å². The van der Waals surface area contributed by atoms with Crippen molar-refractivity contribution >= 4 is 62.2 Å². The third-order valence-corrected chi connectivity index (χ3v) is 7.27. The average molecular weight is 586 g/mol. The van der Waals surface area contributed by atoms with Crippen molar-refractivity contribution in [2.45, 2.75) is 25.9 Å². The summed E-state index contributed by atoms with van der Waals surface area (Å²) in [6.07, 6.45) is 5.00. The molecule has 6 rings (SSSR count). The second-order valence-corrected chi connectivity index (χ2v) is 10.5. The zero-order valence-corrected chi connectivity index (χ0v) is 23.3. The Morgan fingerprint density at radius 3 is 2.61 bits per heavy atom. The standard InChI is InChI=1S/C29H22Cl2FN9/c1-15(2)41-13-25(39-40-41)29(19-4-3-5-24-28(19)36-14-35-24)38-18-8-20-26(37-17-6-7-23(32)21(30)9-17)16(11-33)12-34-27(20)22(31)10-18/h3-10,12-15,29,38H,1-2H3,(H,34,37)(H,35,36)/t29-/m0/s1. The van der Waals surface area contributed by atoms with Crippen molar-refractivity contribution in [3.63, 3.8) is 0 Å². The molecule has 0 radical (unpaired) electrons. The third kappa shape index (κ3) is 5.01. The molecule has 3 N–H and O–H groups in total. The second kappa shape index (κ2) is 10.7. The SMILES string of the molecule is CC(C)n1cc([C@@H](Nc2cc(Cl)c3ncc(C#N)c(Nc4ccc(F)c(Cl)c4)c3c2)c2cccc3[nH]cnc23)nn1. The fraction of sp³-hybridized carbons (Fsp3) is 0.138. The average Bonchev–Trinajstić information content (AvgIpc) is 3.64. The number of halogens is 3. The molecule has 0 bridgehead atoms. The van der Waals surface area contributed by atoms with E-state index in [0.29, 0.717) is 38.7 Å². The van der Waals surface area contributed by atoms with Gasteiger partial charge < -0.3 is 15.6 Å². The minimum atomic E-state index is -0.542. The van der Waals surface area contributed by atoms with Gasteiger partial charge in [0.15, 0.2) is 0 Å². The molecule has 1 atom stereocenters. The minimum Gasteiger partial charge on any atom is -0.373 e. The molecule has 3 aromatic heterocycles. The van der Waals surface area contributed by atoms with Crippen LogP contribution in [0.4, 0.5) is 21.5 Å². The number of nitrogens with zero attached hydrogens (tertiary/aromatic N) is 6. The van der Waals surface area contributed by atoms with Crippen LogP contribution < -0.4 is 10.6 Å². The summed E-state index contributed by atoms with van der Waals surface area (Å²) < 4.78 is 15.6. The highest BCUT2D eigenvalue weighted by molar-refractivity contribution is 6.36. The summed E-state index contributed by atoms with van der Waals surface area (Å²) in [7, 11) is 0. The lowest BCUT2D eigenvalue weighted by Crippen LogP contribution is -2.14. The fourth-order valence-corrected chi connectivity index (χ4v) is 5.10. The number of H-pyrrole nitrogens is 1. The maximum atomic E-state index is 13.8. The van der Waals surface area contributed by atoms with Gasteiger partial charge in [-0.15, -0.1) is 5.10 Å². The summed E-state index contributed by atoms with van der Waals surface area (Å²) in [4.78, 5) is 12.1. The summed E-state index contributed by atoms with van der Waals surface area (Å²) in [5, 5.41) is 26.3. The second-order valence-electron chi connectivity index (χ2n) is 9.71. The third-order valence-electron chi connectivity index (χ3n) is 6.69. The van der Waals surface area contributed by atoms with E-state index in [4.69, 9.17) is 23.2 Å². The maximum absolute atomic E-state index is 13.8. The molecule has 0 aliphatic rings. The summed E-state index contributed by atoms with van der Waals surface area (Å²) in [5.41, 5.74) is 5.64. The van der Waals surface area contributed by atoms with E-state index < -0.39 is 11.9 Å². The van der Waals surface area contributed by atoms with Crippen LogP contribution in [0.15, 0.2) is 67.3 Å². The van der Waals surface area contributed by atoms with E-state index in [1.807, 2.05) is 44.3 Å². The molecular weight excluding hydrogens is 564 g/mol. The van der Waals surface area contributed by atoms with E-state index in [1.54, 1.807) is 17.1 Å². The predicted molar refractivity (Wildman–Crippen MR) is 158 cm³/mol. The van der Waals surface area contributed by atoms with E-state index in [0.717, 1.165) is 16.6 Å². The van der Waals surface area contributed by atoms with Crippen molar-refractivity contribution in [1.29, 1.82) is 5.26 Å². The van der Waals surface area contributed by atoms with Crippen molar-refractivity contribution in [2.24, 2.45) is 0 Å². The van der Waals surface area contributed by atoms with Crippen LogP contribution in [-0.4, -0.2) is 29.9 Å². The lowest BCUT2D eigenvalue weighted by atomic mass is 10.0. The lowest BCUT2D eigenvalue weighted by molar-refractivity contribution is 0.514. The molecule has 204 valence electrons. The molecule has 0 unspecified atom stereocenters. The monoisotopic (exact) mass is 585 g/mol. The molecule has 0 saturated heterocycles. The molecule has 6 aromatic rings. The number of anilines is 3. The van der Waals surface area contributed by atoms with Crippen LogP contribution in [0.25, 0.3) is 21.9 Å². The number of fused-ring (bicyclic) bond motifs is 2. The molecule has 0 spiro atoms. The highest BCUT2D eigenvalue weighted by Gasteiger charge is 2.23. The zero-order chi connectivity index (χ0) is 28.7. The summed E-state index contributed by atoms with van der Waals surface area (Å²) >= 11 is 12.8. The van der Waals surface area contributed by atoms with Crippen molar-refractivity contribution in [3.8, 4) is 6.07 Å². The number of nitrogens with one attached hydrogen (secondary N) is 3. The number of hydrogen-bond acceptors (Lipinski definition) is 7. The quantitative estimate of drug-likeness (QED) is 0.177. The van der Waals surface area contributed by atoms with Gasteiger partial charge in [-0.2, -0.15) is 5.26 Å². The molecule has 0 saturated carbocycles. The normalized spacial score (nSPS) is 12.1. The Morgan fingerprint density at radius 1 is 1.02 bits per heavy atom. The Labute approximate surface area is 243 Å². The van der Waals surface area contributed by atoms with Gasteiger partial charge in [0, 0.05) is 34.6 Å². The van der Waals surface area contributed by atoms with E-state index in [-0.39, 0.29) is 16.6 Å². The van der Waals surface area contributed by atoms with Crippen LogP contribution in [0.5, 0.6) is 0 Å². The molecule has 3 aromatic carbocycles. The largest absolute Gasteiger partial charge is 0.373 e. The van der Waals surface area contributed by atoms with Crippen LogP contribution >= 0.6 is 23.2 Å². The first-order chi connectivity index (χ1) is 19.8. The van der Waals surface area contributed by atoms with Crippen molar-refractivity contribution in [3.05, 3.63) is 99.9 Å². The van der Waals surface area contributed by atoms with Crippen LogP contribution in [-0.2, 0) is 0 Å². The van der Waals surface area contributed by atoms with Gasteiger partial charge >= 0.3 is 0 Å². The molecular formula is C29H22Cl2FN9. The van der Waals surface area contributed by atoms with Gasteiger partial charge in [-0.1, -0.05) is 40.5 Å². The van der Waals surface area contributed by atoms with Crippen LogP contribution in [0, 0.1) is 17.1 Å². The van der Waals surface area contributed by atoms with Gasteiger partial charge in [0.1, 0.15) is 17.6 Å². The van der Waals surface area contributed by atoms with Crippen molar-refractivity contribution < 1.29 is 4.39 Å².